The molecule has 0 saturated carbocycles. The molecule has 0 atom stereocenters. The maximum absolute atomic E-state index is 12.0. The molecule has 5 nitrogen and oxygen atoms in total. The number of carbonyl (C=O) groups excluding carboxylic acids is 1. The van der Waals surface area contributed by atoms with Crippen molar-refractivity contribution in [2.24, 2.45) is 7.05 Å². The third-order valence-corrected chi connectivity index (χ3v) is 3.42. The molecule has 1 N–H and O–H groups in total. The zero-order valence-electron chi connectivity index (χ0n) is 10.2. The lowest BCUT2D eigenvalue weighted by Crippen LogP contribution is -2.14. The lowest BCUT2D eigenvalue weighted by atomic mass is 10.3. The summed E-state index contributed by atoms with van der Waals surface area (Å²) >= 11 is 1.40. The number of nitrogens with zero attached hydrogens (tertiary/aromatic N) is 3. The summed E-state index contributed by atoms with van der Waals surface area (Å²) in [5.74, 6) is 0.564. The van der Waals surface area contributed by atoms with E-state index in [4.69, 9.17) is 0 Å². The van der Waals surface area contributed by atoms with Crippen molar-refractivity contribution in [3.05, 3.63) is 27.3 Å². The summed E-state index contributed by atoms with van der Waals surface area (Å²) in [6.07, 6.45) is 0. The largest absolute Gasteiger partial charge is 0.306 e. The molecule has 2 aromatic heterocycles. The Morgan fingerprint density at radius 2 is 2.12 bits per heavy atom. The second-order valence-corrected chi connectivity index (χ2v) is 5.10. The van der Waals surface area contributed by atoms with E-state index in [1.165, 1.54) is 11.3 Å². The molecular weight excluding hydrogens is 236 g/mol. The van der Waals surface area contributed by atoms with Crippen LogP contribution in [0.25, 0.3) is 0 Å². The van der Waals surface area contributed by atoms with Gasteiger partial charge in [-0.3, -0.25) is 9.48 Å². The highest BCUT2D eigenvalue weighted by Gasteiger charge is 2.15. The van der Waals surface area contributed by atoms with Crippen LogP contribution in [0, 0.1) is 20.8 Å². The molecule has 0 aromatic carbocycles. The van der Waals surface area contributed by atoms with E-state index in [0.29, 0.717) is 10.7 Å². The molecule has 6 heteroatoms. The minimum atomic E-state index is -0.129. The van der Waals surface area contributed by atoms with Gasteiger partial charge in [-0.2, -0.15) is 5.10 Å². The Morgan fingerprint density at radius 1 is 1.41 bits per heavy atom. The minimum absolute atomic E-state index is 0.129. The molecule has 0 bridgehead atoms. The van der Waals surface area contributed by atoms with Crippen molar-refractivity contribution in [3.63, 3.8) is 0 Å². The Bertz CT molecular complexity index is 570. The molecule has 0 radical (unpaired) electrons. The Balaban J connectivity index is 2.22. The van der Waals surface area contributed by atoms with Crippen LogP contribution in [-0.2, 0) is 7.05 Å². The van der Waals surface area contributed by atoms with E-state index in [0.717, 1.165) is 16.4 Å². The van der Waals surface area contributed by atoms with E-state index in [2.05, 4.69) is 15.4 Å². The Kier molecular flexibility index (Phi) is 2.97. The zero-order chi connectivity index (χ0) is 12.6. The summed E-state index contributed by atoms with van der Waals surface area (Å²) in [5.41, 5.74) is 1.64. The van der Waals surface area contributed by atoms with Crippen molar-refractivity contribution in [1.29, 1.82) is 0 Å². The average Bonchev–Trinajstić information content (AvgIpc) is 2.70. The van der Waals surface area contributed by atoms with Gasteiger partial charge in [0.2, 0.25) is 0 Å². The van der Waals surface area contributed by atoms with E-state index >= 15 is 0 Å². The first-order valence-electron chi connectivity index (χ1n) is 5.23. The third kappa shape index (κ3) is 2.36. The SMILES string of the molecule is Cc1cc(NC(=O)c2sc(C)nc2C)n(C)n1. The molecule has 17 heavy (non-hydrogen) atoms. The molecule has 0 fully saturated rings. The minimum Gasteiger partial charge on any atom is -0.306 e. The van der Waals surface area contributed by atoms with Crippen LogP contribution in [0.1, 0.15) is 26.1 Å². The van der Waals surface area contributed by atoms with Crippen LogP contribution in [0.3, 0.4) is 0 Å². The van der Waals surface area contributed by atoms with Crippen molar-refractivity contribution in [2.45, 2.75) is 20.8 Å². The molecule has 0 saturated heterocycles. The monoisotopic (exact) mass is 250 g/mol. The lowest BCUT2D eigenvalue weighted by molar-refractivity contribution is 0.102. The first kappa shape index (κ1) is 11.8. The van der Waals surface area contributed by atoms with Crippen molar-refractivity contribution < 1.29 is 4.79 Å². The summed E-state index contributed by atoms with van der Waals surface area (Å²) in [6.45, 7) is 5.62. The van der Waals surface area contributed by atoms with Gasteiger partial charge in [-0.15, -0.1) is 11.3 Å². The standard InChI is InChI=1S/C11H14N4OS/c1-6-5-9(15(4)14-6)13-11(16)10-7(2)12-8(3)17-10/h5H,1-4H3,(H,13,16). The fourth-order valence-electron chi connectivity index (χ4n) is 1.64. The fourth-order valence-corrected chi connectivity index (χ4v) is 2.46. The summed E-state index contributed by atoms with van der Waals surface area (Å²) in [7, 11) is 1.80. The molecule has 2 heterocycles. The predicted octanol–water partition coefficient (Wildman–Crippen LogP) is 2.05. The van der Waals surface area contributed by atoms with Crippen molar-refractivity contribution >= 4 is 23.1 Å². The van der Waals surface area contributed by atoms with Crippen LogP contribution in [0.5, 0.6) is 0 Å². The van der Waals surface area contributed by atoms with Crippen LogP contribution >= 0.6 is 11.3 Å². The molecule has 1 amide bonds. The van der Waals surface area contributed by atoms with Gasteiger partial charge >= 0.3 is 0 Å². The number of rotatable bonds is 2. The van der Waals surface area contributed by atoms with E-state index in [1.807, 2.05) is 26.8 Å². The number of amides is 1. The van der Waals surface area contributed by atoms with Crippen molar-refractivity contribution in [2.75, 3.05) is 5.32 Å². The molecule has 2 aromatic rings. The molecule has 0 aliphatic rings. The fraction of sp³-hybridized carbons (Fsp3) is 0.364. The normalized spacial score (nSPS) is 10.6. The smallest absolute Gasteiger partial charge is 0.268 e. The van der Waals surface area contributed by atoms with E-state index < -0.39 is 0 Å². The van der Waals surface area contributed by atoms with Crippen LogP contribution in [0.15, 0.2) is 6.07 Å². The lowest BCUT2D eigenvalue weighted by Gasteiger charge is -2.03. The van der Waals surface area contributed by atoms with Gasteiger partial charge in [0.05, 0.1) is 16.4 Å². The molecule has 2 rings (SSSR count). The van der Waals surface area contributed by atoms with Gasteiger partial charge in [-0.1, -0.05) is 0 Å². The van der Waals surface area contributed by atoms with Gasteiger partial charge in [0.15, 0.2) is 0 Å². The highest BCUT2D eigenvalue weighted by Crippen LogP contribution is 2.19. The molecule has 0 unspecified atom stereocenters. The zero-order valence-corrected chi connectivity index (χ0v) is 11.1. The number of carbonyl (C=O) groups is 1. The first-order chi connectivity index (χ1) is 7.97. The Morgan fingerprint density at radius 3 is 2.59 bits per heavy atom. The molecular formula is C11H14N4OS. The van der Waals surface area contributed by atoms with Gasteiger partial charge in [0.1, 0.15) is 10.7 Å². The van der Waals surface area contributed by atoms with Crippen LogP contribution in [0.2, 0.25) is 0 Å². The quantitative estimate of drug-likeness (QED) is 0.887. The van der Waals surface area contributed by atoms with E-state index in [1.54, 1.807) is 11.7 Å². The maximum atomic E-state index is 12.0. The Hall–Kier alpha value is -1.69. The molecule has 0 spiro atoms. The highest BCUT2D eigenvalue weighted by atomic mass is 32.1. The van der Waals surface area contributed by atoms with Gasteiger partial charge in [-0.25, -0.2) is 4.98 Å². The molecule has 0 aliphatic heterocycles. The summed E-state index contributed by atoms with van der Waals surface area (Å²) in [5, 5.41) is 7.91. The summed E-state index contributed by atoms with van der Waals surface area (Å²) in [6, 6.07) is 1.83. The average molecular weight is 250 g/mol. The molecule has 90 valence electrons. The summed E-state index contributed by atoms with van der Waals surface area (Å²) in [4.78, 5) is 16.9. The second kappa shape index (κ2) is 4.29. The van der Waals surface area contributed by atoms with Crippen LogP contribution in [-0.4, -0.2) is 20.7 Å². The number of hydrogen-bond donors (Lipinski definition) is 1. The van der Waals surface area contributed by atoms with Gasteiger partial charge in [0.25, 0.3) is 5.91 Å². The number of hydrogen-bond acceptors (Lipinski definition) is 4. The van der Waals surface area contributed by atoms with Gasteiger partial charge in [0, 0.05) is 13.1 Å². The van der Waals surface area contributed by atoms with Crippen LogP contribution in [0.4, 0.5) is 5.82 Å². The van der Waals surface area contributed by atoms with Crippen molar-refractivity contribution in [1.82, 2.24) is 14.8 Å². The number of aromatic nitrogens is 3. The number of aryl methyl sites for hydroxylation is 4. The van der Waals surface area contributed by atoms with Crippen molar-refractivity contribution in [3.8, 4) is 0 Å². The van der Waals surface area contributed by atoms with E-state index in [-0.39, 0.29) is 5.91 Å². The third-order valence-electron chi connectivity index (χ3n) is 2.35. The highest BCUT2D eigenvalue weighted by molar-refractivity contribution is 7.13. The number of thiazole rings is 1. The summed E-state index contributed by atoms with van der Waals surface area (Å²) < 4.78 is 1.65. The number of anilines is 1. The van der Waals surface area contributed by atoms with Gasteiger partial charge in [-0.05, 0) is 20.8 Å². The first-order valence-corrected chi connectivity index (χ1v) is 6.05. The predicted molar refractivity (Wildman–Crippen MR) is 67.5 cm³/mol. The van der Waals surface area contributed by atoms with E-state index in [9.17, 15) is 4.79 Å². The number of nitrogens with one attached hydrogen (secondary N) is 1. The van der Waals surface area contributed by atoms with Crippen LogP contribution < -0.4 is 5.32 Å². The Labute approximate surface area is 103 Å². The second-order valence-electron chi connectivity index (χ2n) is 3.90. The topological polar surface area (TPSA) is 59.8 Å². The maximum Gasteiger partial charge on any atom is 0.268 e. The molecule has 0 aliphatic carbocycles. The van der Waals surface area contributed by atoms with Gasteiger partial charge < -0.3 is 5.32 Å².